The molecule has 1 aliphatic rings. The van der Waals surface area contributed by atoms with Crippen molar-refractivity contribution in [2.75, 3.05) is 7.11 Å². The molecule has 1 aliphatic heterocycles. The van der Waals surface area contributed by atoms with E-state index in [1.807, 2.05) is 6.08 Å². The largest absolute Gasteiger partial charge is 0.480 e. The molecular formula is C27H54O5Si2. The van der Waals surface area contributed by atoms with E-state index in [4.69, 9.17) is 18.3 Å². The lowest BCUT2D eigenvalue weighted by Crippen LogP contribution is -2.63. The van der Waals surface area contributed by atoms with E-state index in [1.54, 1.807) is 0 Å². The Bertz CT molecular complexity index is 614. The molecule has 0 N–H and O–H groups in total. The third-order valence-corrected chi connectivity index (χ3v) is 17.8. The van der Waals surface area contributed by atoms with E-state index in [-0.39, 0.29) is 18.0 Å². The quantitative estimate of drug-likeness (QED) is 0.112. The molecule has 0 bridgehead atoms. The maximum absolute atomic E-state index is 12.6. The predicted molar refractivity (Wildman–Crippen MR) is 147 cm³/mol. The molecule has 200 valence electrons. The molecule has 3 atom stereocenters. The summed E-state index contributed by atoms with van der Waals surface area (Å²) < 4.78 is 25.8. The number of carbonyl (C=O) groups is 1. The lowest BCUT2D eigenvalue weighted by Gasteiger charge is -2.51. The van der Waals surface area contributed by atoms with E-state index >= 15 is 0 Å². The van der Waals surface area contributed by atoms with Gasteiger partial charge in [0.2, 0.25) is 5.76 Å². The minimum Gasteiger partial charge on any atom is -0.480 e. The van der Waals surface area contributed by atoms with Crippen molar-refractivity contribution < 1.29 is 23.1 Å². The Morgan fingerprint density at radius 1 is 0.882 bits per heavy atom. The Labute approximate surface area is 212 Å². The normalized spacial score (nSPS) is 23.4. The van der Waals surface area contributed by atoms with Crippen LogP contribution in [0.25, 0.3) is 0 Å². The number of esters is 1. The van der Waals surface area contributed by atoms with E-state index in [0.29, 0.717) is 0 Å². The van der Waals surface area contributed by atoms with Gasteiger partial charge in [-0.1, -0.05) is 74.1 Å². The fourth-order valence-corrected chi connectivity index (χ4v) is 11.2. The summed E-state index contributed by atoms with van der Waals surface area (Å²) in [6.07, 6.45) is 8.14. The molecule has 0 fully saturated rings. The van der Waals surface area contributed by atoms with Gasteiger partial charge < -0.3 is 18.3 Å². The average molecular weight is 515 g/mol. The first-order chi connectivity index (χ1) is 16.2. The highest BCUT2D eigenvalue weighted by Gasteiger charge is 2.53. The molecule has 0 aliphatic carbocycles. The molecule has 0 saturated heterocycles. The zero-order chi connectivity index (χ0) is 25.8. The molecule has 34 heavy (non-hydrogen) atoms. The third-order valence-electron chi connectivity index (χ3n) is 8.41. The Hall–Kier alpha value is -0.636. The summed E-state index contributed by atoms with van der Waals surface area (Å²) in [5.41, 5.74) is -0.617. The first-order valence-electron chi connectivity index (χ1n) is 14.0. The summed E-state index contributed by atoms with van der Waals surface area (Å²) >= 11 is 0. The number of hydrogen-bond donors (Lipinski definition) is 0. The van der Waals surface area contributed by atoms with Crippen molar-refractivity contribution in [3.05, 3.63) is 11.8 Å². The van der Waals surface area contributed by atoms with Crippen LogP contribution in [0.1, 0.15) is 93.9 Å². The van der Waals surface area contributed by atoms with Crippen molar-refractivity contribution in [2.45, 2.75) is 148 Å². The van der Waals surface area contributed by atoms with Crippen LogP contribution in [0, 0.1) is 0 Å². The lowest BCUT2D eigenvalue weighted by molar-refractivity contribution is -0.157. The molecule has 5 nitrogen and oxygen atoms in total. The van der Waals surface area contributed by atoms with E-state index in [0.717, 1.165) is 49.1 Å². The second kappa shape index (κ2) is 14.8. The van der Waals surface area contributed by atoms with Crippen molar-refractivity contribution >= 4 is 22.6 Å². The standard InChI is InChI=1S/C27H54O5Si2/c1-10-17-18-19-20-21-24-27(8,32-34(14-5,15-6)16-7)25(22-23(30-24)26(28)29-9)31-33(11-2,12-3)13-4/h22,24-25H,10-21H2,1-9H3/t24-,25-,27-/m1/s1. The minimum absolute atomic E-state index is 0.230. The molecule has 1 heterocycles. The Balaban J connectivity index is 3.49. The highest BCUT2D eigenvalue weighted by molar-refractivity contribution is 6.74. The van der Waals surface area contributed by atoms with Crippen LogP contribution in [-0.4, -0.2) is 47.5 Å². The van der Waals surface area contributed by atoms with Crippen molar-refractivity contribution in [1.82, 2.24) is 0 Å². The average Bonchev–Trinajstić information content (AvgIpc) is 2.87. The topological polar surface area (TPSA) is 54.0 Å². The van der Waals surface area contributed by atoms with Crippen LogP contribution < -0.4 is 0 Å². The van der Waals surface area contributed by atoms with Gasteiger partial charge in [-0.15, -0.1) is 0 Å². The lowest BCUT2D eigenvalue weighted by atomic mass is 9.86. The minimum atomic E-state index is -1.97. The first-order valence-corrected chi connectivity index (χ1v) is 19.1. The molecule has 0 radical (unpaired) electrons. The van der Waals surface area contributed by atoms with Gasteiger partial charge in [-0.2, -0.15) is 0 Å². The van der Waals surface area contributed by atoms with Crippen molar-refractivity contribution in [3.8, 4) is 0 Å². The second-order valence-corrected chi connectivity index (χ2v) is 19.6. The van der Waals surface area contributed by atoms with Crippen LogP contribution in [0.3, 0.4) is 0 Å². The molecule has 0 aromatic heterocycles. The highest BCUT2D eigenvalue weighted by atomic mass is 28.4. The van der Waals surface area contributed by atoms with E-state index in [1.165, 1.54) is 32.8 Å². The van der Waals surface area contributed by atoms with Gasteiger partial charge in [0.25, 0.3) is 0 Å². The summed E-state index contributed by atoms with van der Waals surface area (Å²) in [5, 5.41) is 0. The Morgan fingerprint density at radius 3 is 1.88 bits per heavy atom. The molecule has 1 rings (SSSR count). The number of methoxy groups -OCH3 is 1. The van der Waals surface area contributed by atoms with Gasteiger partial charge in [0, 0.05) is 0 Å². The fraction of sp³-hybridized carbons (Fsp3) is 0.889. The Kier molecular flexibility index (Phi) is 13.7. The van der Waals surface area contributed by atoms with Crippen LogP contribution >= 0.6 is 0 Å². The van der Waals surface area contributed by atoms with Gasteiger partial charge in [0.1, 0.15) is 11.7 Å². The molecule has 0 saturated carbocycles. The number of unbranched alkanes of at least 4 members (excludes halogenated alkanes) is 4. The van der Waals surface area contributed by atoms with Gasteiger partial charge in [0.15, 0.2) is 16.6 Å². The monoisotopic (exact) mass is 514 g/mol. The second-order valence-electron chi connectivity index (χ2n) is 10.1. The van der Waals surface area contributed by atoms with Crippen LogP contribution in [0.4, 0.5) is 0 Å². The molecule has 7 heteroatoms. The summed E-state index contributed by atoms with van der Waals surface area (Å²) in [6.45, 7) is 18.0. The Morgan fingerprint density at radius 2 is 1.41 bits per heavy atom. The molecule has 0 aromatic rings. The molecule has 0 spiro atoms. The maximum Gasteiger partial charge on any atom is 0.373 e. The van der Waals surface area contributed by atoms with Crippen LogP contribution in [-0.2, 0) is 23.1 Å². The smallest absolute Gasteiger partial charge is 0.373 e. The number of ether oxygens (including phenoxy) is 2. The van der Waals surface area contributed by atoms with E-state index in [9.17, 15) is 4.79 Å². The van der Waals surface area contributed by atoms with Gasteiger partial charge in [-0.05, 0) is 62.1 Å². The molecule has 0 aromatic carbocycles. The van der Waals surface area contributed by atoms with Crippen LogP contribution in [0.2, 0.25) is 36.3 Å². The van der Waals surface area contributed by atoms with Crippen LogP contribution in [0.15, 0.2) is 11.8 Å². The van der Waals surface area contributed by atoms with Gasteiger partial charge in [-0.25, -0.2) is 4.79 Å². The van der Waals surface area contributed by atoms with Gasteiger partial charge in [0.05, 0.1) is 13.2 Å². The SMILES string of the molecule is CCCCCCC[C@H]1OC(C(=O)OC)=C[C@@H](O[Si](CC)(CC)CC)[C@]1(C)O[Si](CC)(CC)CC. The molecule has 0 amide bonds. The van der Waals surface area contributed by atoms with Crippen molar-refractivity contribution in [1.29, 1.82) is 0 Å². The predicted octanol–water partition coefficient (Wildman–Crippen LogP) is 7.97. The van der Waals surface area contributed by atoms with Crippen molar-refractivity contribution in [2.24, 2.45) is 0 Å². The van der Waals surface area contributed by atoms with E-state index in [2.05, 4.69) is 55.4 Å². The third kappa shape index (κ3) is 7.68. The van der Waals surface area contributed by atoms with Gasteiger partial charge in [-0.3, -0.25) is 0 Å². The summed E-state index contributed by atoms with van der Waals surface area (Å²) in [5.74, 6) is -0.136. The molecule has 0 unspecified atom stereocenters. The highest BCUT2D eigenvalue weighted by Crippen LogP contribution is 2.42. The number of rotatable bonds is 17. The molecular weight excluding hydrogens is 460 g/mol. The summed E-state index contributed by atoms with van der Waals surface area (Å²) in [6, 6.07) is 6.35. The zero-order valence-corrected chi connectivity index (χ0v) is 25.8. The summed E-state index contributed by atoms with van der Waals surface area (Å²) in [4.78, 5) is 12.6. The number of hydrogen-bond acceptors (Lipinski definition) is 5. The van der Waals surface area contributed by atoms with Crippen LogP contribution in [0.5, 0.6) is 0 Å². The van der Waals surface area contributed by atoms with Gasteiger partial charge >= 0.3 is 5.97 Å². The van der Waals surface area contributed by atoms with E-state index < -0.39 is 28.2 Å². The maximum atomic E-state index is 12.6. The fourth-order valence-electron chi connectivity index (χ4n) is 5.27. The number of carbonyl (C=O) groups excluding carboxylic acids is 1. The van der Waals surface area contributed by atoms with Crippen molar-refractivity contribution in [3.63, 3.8) is 0 Å². The zero-order valence-electron chi connectivity index (χ0n) is 23.8. The first kappa shape index (κ1) is 31.4. The summed E-state index contributed by atoms with van der Waals surface area (Å²) in [7, 11) is -2.53.